The van der Waals surface area contributed by atoms with Crippen LogP contribution in [0.3, 0.4) is 0 Å². The Morgan fingerprint density at radius 1 is 1.33 bits per heavy atom. The fourth-order valence-corrected chi connectivity index (χ4v) is 2.14. The number of aromatic amines is 1. The van der Waals surface area contributed by atoms with Crippen LogP contribution in [0.5, 0.6) is 0 Å². The van der Waals surface area contributed by atoms with Crippen molar-refractivity contribution in [1.82, 2.24) is 15.3 Å². The van der Waals surface area contributed by atoms with E-state index in [2.05, 4.69) is 31.2 Å². The van der Waals surface area contributed by atoms with Crippen molar-refractivity contribution in [3.8, 4) is 11.3 Å². The molecule has 2 N–H and O–H groups in total. The van der Waals surface area contributed by atoms with Crippen LogP contribution in [-0.4, -0.2) is 23.6 Å². The quantitative estimate of drug-likeness (QED) is 0.911. The van der Waals surface area contributed by atoms with Gasteiger partial charge in [-0.3, -0.25) is 0 Å². The van der Waals surface area contributed by atoms with E-state index in [1.807, 2.05) is 7.05 Å². The Morgan fingerprint density at radius 3 is 2.78 bits per heavy atom. The van der Waals surface area contributed by atoms with Crippen molar-refractivity contribution in [2.24, 2.45) is 0 Å². The van der Waals surface area contributed by atoms with Gasteiger partial charge >= 0.3 is 0 Å². The molecule has 0 unspecified atom stereocenters. The molecule has 1 aromatic carbocycles. The zero-order chi connectivity index (χ0) is 13.1. The molecule has 1 heterocycles. The van der Waals surface area contributed by atoms with Gasteiger partial charge in [-0.15, -0.1) is 0 Å². The van der Waals surface area contributed by atoms with Gasteiger partial charge in [0.15, 0.2) is 11.6 Å². The summed E-state index contributed by atoms with van der Waals surface area (Å²) in [6.07, 6.45) is 0.735. The van der Waals surface area contributed by atoms with Crippen LogP contribution in [0.4, 0.5) is 8.78 Å². The van der Waals surface area contributed by atoms with Crippen molar-refractivity contribution >= 4 is 15.9 Å². The van der Waals surface area contributed by atoms with Crippen molar-refractivity contribution < 1.29 is 8.78 Å². The zero-order valence-electron chi connectivity index (χ0n) is 9.73. The third-order valence-electron chi connectivity index (χ3n) is 2.51. The summed E-state index contributed by atoms with van der Waals surface area (Å²) in [5, 5.41) is 3.02. The summed E-state index contributed by atoms with van der Waals surface area (Å²) < 4.78 is 26.7. The number of nitrogens with zero attached hydrogens (tertiary/aromatic N) is 1. The van der Waals surface area contributed by atoms with Crippen LogP contribution < -0.4 is 5.32 Å². The molecule has 0 atom stereocenters. The van der Waals surface area contributed by atoms with E-state index in [-0.39, 0.29) is 0 Å². The molecule has 0 saturated heterocycles. The average molecular weight is 316 g/mol. The molecule has 1 aromatic heterocycles. The number of hydrogen-bond acceptors (Lipinski definition) is 2. The van der Waals surface area contributed by atoms with Crippen molar-refractivity contribution in [3.63, 3.8) is 0 Å². The van der Waals surface area contributed by atoms with E-state index in [1.165, 1.54) is 6.07 Å². The van der Waals surface area contributed by atoms with Crippen LogP contribution in [0.2, 0.25) is 0 Å². The lowest BCUT2D eigenvalue weighted by Gasteiger charge is -1.99. The summed E-state index contributed by atoms with van der Waals surface area (Å²) >= 11 is 3.33. The predicted molar refractivity (Wildman–Crippen MR) is 69.3 cm³/mol. The first kappa shape index (κ1) is 13.2. The average Bonchev–Trinajstić information content (AvgIpc) is 2.71. The van der Waals surface area contributed by atoms with Gasteiger partial charge in [-0.05, 0) is 41.2 Å². The molecular weight excluding hydrogens is 304 g/mol. The van der Waals surface area contributed by atoms with Gasteiger partial charge in [-0.2, -0.15) is 0 Å². The normalized spacial score (nSPS) is 10.9. The third kappa shape index (κ3) is 2.76. The number of likely N-dealkylation sites (N-methyl/N-ethyl adjacent to an activating group) is 1. The molecule has 2 aromatic rings. The van der Waals surface area contributed by atoms with Crippen LogP contribution >= 0.6 is 15.9 Å². The maximum absolute atomic E-state index is 13.2. The first-order valence-electron chi connectivity index (χ1n) is 5.46. The second-order valence-corrected chi connectivity index (χ2v) is 4.62. The molecule has 0 aliphatic heterocycles. The van der Waals surface area contributed by atoms with Crippen LogP contribution in [0.15, 0.2) is 22.8 Å². The number of nitrogens with one attached hydrogen (secondary N) is 2. The van der Waals surface area contributed by atoms with Gasteiger partial charge < -0.3 is 10.3 Å². The minimum atomic E-state index is -0.876. The van der Waals surface area contributed by atoms with Crippen LogP contribution in [-0.2, 0) is 6.42 Å². The summed E-state index contributed by atoms with van der Waals surface area (Å²) in [4.78, 5) is 7.42. The van der Waals surface area contributed by atoms with Crippen molar-refractivity contribution in [1.29, 1.82) is 0 Å². The first-order chi connectivity index (χ1) is 8.61. The van der Waals surface area contributed by atoms with Crippen molar-refractivity contribution in [2.45, 2.75) is 6.42 Å². The van der Waals surface area contributed by atoms with Crippen molar-refractivity contribution in [3.05, 3.63) is 40.3 Å². The van der Waals surface area contributed by atoms with Gasteiger partial charge in [-0.25, -0.2) is 13.8 Å². The monoisotopic (exact) mass is 315 g/mol. The minimum absolute atomic E-state index is 0.535. The molecule has 0 aliphatic carbocycles. The summed E-state index contributed by atoms with van der Waals surface area (Å²) in [5.41, 5.74) is 1.12. The Bertz CT molecular complexity index is 554. The van der Waals surface area contributed by atoms with Gasteiger partial charge in [0.25, 0.3) is 0 Å². The minimum Gasteiger partial charge on any atom is -0.336 e. The fourth-order valence-electron chi connectivity index (χ4n) is 1.59. The van der Waals surface area contributed by atoms with E-state index in [4.69, 9.17) is 0 Å². The van der Waals surface area contributed by atoms with Gasteiger partial charge in [0.1, 0.15) is 16.1 Å². The number of aromatic nitrogens is 2. The summed E-state index contributed by atoms with van der Waals surface area (Å²) in [7, 11) is 1.86. The third-order valence-corrected chi connectivity index (χ3v) is 3.09. The van der Waals surface area contributed by atoms with Crippen LogP contribution in [0.25, 0.3) is 11.3 Å². The second-order valence-electron chi connectivity index (χ2n) is 3.83. The molecule has 0 aliphatic rings. The van der Waals surface area contributed by atoms with E-state index < -0.39 is 11.6 Å². The highest BCUT2D eigenvalue weighted by molar-refractivity contribution is 9.10. The maximum atomic E-state index is 13.2. The molecule has 96 valence electrons. The molecule has 0 saturated carbocycles. The van der Waals surface area contributed by atoms with Gasteiger partial charge in [-0.1, -0.05) is 0 Å². The smallest absolute Gasteiger partial charge is 0.159 e. The molecule has 18 heavy (non-hydrogen) atoms. The molecule has 0 amide bonds. The molecule has 0 fully saturated rings. The fraction of sp³-hybridized carbons (Fsp3) is 0.250. The number of imidazole rings is 1. The van der Waals surface area contributed by atoms with E-state index in [0.717, 1.165) is 30.9 Å². The Kier molecular flexibility index (Phi) is 4.08. The van der Waals surface area contributed by atoms with E-state index in [1.54, 1.807) is 0 Å². The van der Waals surface area contributed by atoms with Gasteiger partial charge in [0.2, 0.25) is 0 Å². The highest BCUT2D eigenvalue weighted by atomic mass is 79.9. The number of H-pyrrole nitrogens is 1. The van der Waals surface area contributed by atoms with E-state index in [0.29, 0.717) is 15.9 Å². The molecule has 3 nitrogen and oxygen atoms in total. The highest BCUT2D eigenvalue weighted by Gasteiger charge is 2.12. The molecule has 6 heteroatoms. The van der Waals surface area contributed by atoms with Crippen LogP contribution in [0, 0.1) is 11.6 Å². The topological polar surface area (TPSA) is 40.7 Å². The molecule has 0 bridgehead atoms. The standard InChI is InChI=1S/C12H12BrF2N3/c1-16-5-4-10-17-11(12(13)18-10)7-2-3-8(14)9(15)6-7/h2-3,6,16H,4-5H2,1H3,(H,17,18). The molecule has 2 rings (SSSR count). The Morgan fingerprint density at radius 2 is 2.11 bits per heavy atom. The molecular formula is C12H12BrF2N3. The number of benzene rings is 1. The summed E-state index contributed by atoms with van der Waals surface area (Å²) in [5.74, 6) is -0.948. The maximum Gasteiger partial charge on any atom is 0.159 e. The van der Waals surface area contributed by atoms with Gasteiger partial charge in [0, 0.05) is 18.5 Å². The predicted octanol–water partition coefficient (Wildman–Crippen LogP) is 2.88. The summed E-state index contributed by atoms with van der Waals surface area (Å²) in [6.45, 7) is 0.789. The zero-order valence-corrected chi connectivity index (χ0v) is 11.3. The SMILES string of the molecule is CNCCc1nc(-c2ccc(F)c(F)c2)c(Br)[nH]1. The Labute approximate surface area is 112 Å². The van der Waals surface area contributed by atoms with E-state index >= 15 is 0 Å². The first-order valence-corrected chi connectivity index (χ1v) is 6.25. The molecule has 0 spiro atoms. The second kappa shape index (κ2) is 5.58. The molecule has 0 radical (unpaired) electrons. The Hall–Kier alpha value is -1.27. The lowest BCUT2D eigenvalue weighted by Crippen LogP contribution is -2.11. The number of halogens is 3. The highest BCUT2D eigenvalue weighted by Crippen LogP contribution is 2.27. The van der Waals surface area contributed by atoms with E-state index in [9.17, 15) is 8.78 Å². The lowest BCUT2D eigenvalue weighted by atomic mass is 10.1. The number of rotatable bonds is 4. The largest absolute Gasteiger partial charge is 0.336 e. The van der Waals surface area contributed by atoms with Gasteiger partial charge in [0.05, 0.1) is 0 Å². The summed E-state index contributed by atoms with van der Waals surface area (Å²) in [6, 6.07) is 3.73. The van der Waals surface area contributed by atoms with Crippen molar-refractivity contribution in [2.75, 3.05) is 13.6 Å². The van der Waals surface area contributed by atoms with Crippen LogP contribution in [0.1, 0.15) is 5.82 Å². The Balaban J connectivity index is 2.32. The number of hydrogen-bond donors (Lipinski definition) is 2. The lowest BCUT2D eigenvalue weighted by molar-refractivity contribution is 0.509.